The van der Waals surface area contributed by atoms with Gasteiger partial charge in [0.25, 0.3) is 0 Å². The maximum atomic E-state index is 13.2. The van der Waals surface area contributed by atoms with Gasteiger partial charge in [-0.2, -0.15) is 0 Å². The second kappa shape index (κ2) is 11.6. The molecule has 6 nitrogen and oxygen atoms in total. The number of hydrogen-bond acceptors (Lipinski definition) is 5. The monoisotopic (exact) mass is 548 g/mol. The number of aromatic nitrogens is 1. The van der Waals surface area contributed by atoms with E-state index in [1.54, 1.807) is 12.1 Å². The predicted octanol–water partition coefficient (Wildman–Crippen LogP) is 7.65. The van der Waals surface area contributed by atoms with E-state index >= 15 is 0 Å². The zero-order valence-corrected chi connectivity index (χ0v) is 24.7. The number of carboxylic acid groups (broad SMARTS) is 1. The van der Waals surface area contributed by atoms with Crippen LogP contribution in [0.5, 0.6) is 5.75 Å². The topological polar surface area (TPSA) is 71.9 Å². The Bertz CT molecular complexity index is 1330. The minimum absolute atomic E-state index is 0.228. The Morgan fingerprint density at radius 1 is 1.02 bits per heavy atom. The van der Waals surface area contributed by atoms with Gasteiger partial charge >= 0.3 is 5.97 Å². The zero-order valence-electron chi connectivity index (χ0n) is 24.7. The van der Waals surface area contributed by atoms with Crippen molar-refractivity contribution in [2.45, 2.75) is 79.6 Å². The molecule has 1 atom stereocenters. The lowest BCUT2D eigenvalue weighted by atomic mass is 9.82. The van der Waals surface area contributed by atoms with Crippen LogP contribution in [0.4, 0.5) is 10.1 Å². The van der Waals surface area contributed by atoms with E-state index in [9.17, 15) is 14.3 Å². The Hall–Kier alpha value is -3.45. The largest absolute Gasteiger partial charge is 0.489 e. The molecule has 3 aromatic rings. The van der Waals surface area contributed by atoms with Gasteiger partial charge in [-0.3, -0.25) is 4.98 Å². The van der Waals surface area contributed by atoms with E-state index in [4.69, 9.17) is 14.5 Å². The number of halogens is 1. The molecule has 7 heteroatoms. The van der Waals surface area contributed by atoms with Crippen LogP contribution in [-0.4, -0.2) is 34.8 Å². The Morgan fingerprint density at radius 2 is 1.62 bits per heavy atom. The average molecular weight is 549 g/mol. The molecular weight excluding hydrogens is 507 g/mol. The van der Waals surface area contributed by atoms with Gasteiger partial charge in [-0.25, -0.2) is 9.18 Å². The second-order valence-corrected chi connectivity index (χ2v) is 12.5. The molecule has 0 radical (unpaired) electrons. The number of anilines is 1. The van der Waals surface area contributed by atoms with Crippen LogP contribution in [0.25, 0.3) is 11.1 Å². The van der Waals surface area contributed by atoms with Crippen molar-refractivity contribution >= 4 is 11.7 Å². The molecule has 0 aliphatic carbocycles. The van der Waals surface area contributed by atoms with Crippen molar-refractivity contribution in [1.29, 1.82) is 0 Å². The number of aliphatic carboxylic acids is 1. The van der Waals surface area contributed by atoms with Gasteiger partial charge < -0.3 is 19.5 Å². The van der Waals surface area contributed by atoms with Gasteiger partial charge in [0.15, 0.2) is 6.10 Å². The summed E-state index contributed by atoms with van der Waals surface area (Å²) >= 11 is 0. The van der Waals surface area contributed by atoms with E-state index in [1.807, 2.05) is 58.9 Å². The molecule has 4 rings (SSSR count). The van der Waals surface area contributed by atoms with Crippen molar-refractivity contribution < 1.29 is 23.8 Å². The number of rotatable bonds is 8. The third kappa shape index (κ3) is 7.00. The van der Waals surface area contributed by atoms with E-state index in [2.05, 4.69) is 18.7 Å². The van der Waals surface area contributed by atoms with Gasteiger partial charge in [0.05, 0.1) is 11.3 Å². The number of pyridine rings is 1. The zero-order chi connectivity index (χ0) is 29.2. The molecule has 1 aliphatic heterocycles. The van der Waals surface area contributed by atoms with E-state index < -0.39 is 17.7 Å². The van der Waals surface area contributed by atoms with E-state index in [1.165, 1.54) is 12.1 Å². The molecule has 0 bridgehead atoms. The molecule has 1 aromatic heterocycles. The number of nitrogens with zero attached hydrogens (tertiary/aromatic N) is 2. The highest BCUT2D eigenvalue weighted by molar-refractivity contribution is 5.88. The van der Waals surface area contributed by atoms with E-state index in [0.29, 0.717) is 23.6 Å². The maximum absolute atomic E-state index is 13.2. The van der Waals surface area contributed by atoms with Gasteiger partial charge in [-0.15, -0.1) is 0 Å². The number of carbonyl (C=O) groups is 1. The highest BCUT2D eigenvalue weighted by Gasteiger charge is 2.36. The van der Waals surface area contributed by atoms with Gasteiger partial charge in [0, 0.05) is 35.6 Å². The molecule has 1 fully saturated rings. The number of hydrogen-bond donors (Lipinski definition) is 1. The fraction of sp³-hybridized carbons (Fsp3) is 0.455. The molecule has 214 valence electrons. The van der Waals surface area contributed by atoms with Crippen molar-refractivity contribution in [2.24, 2.45) is 5.41 Å². The minimum atomic E-state index is -1.16. The molecule has 1 saturated heterocycles. The first-order chi connectivity index (χ1) is 18.7. The number of carboxylic acids is 1. The first-order valence-corrected chi connectivity index (χ1v) is 13.9. The first kappa shape index (κ1) is 29.5. The van der Waals surface area contributed by atoms with Gasteiger partial charge in [-0.05, 0) is 88.3 Å². The number of ether oxygens (including phenoxy) is 2. The van der Waals surface area contributed by atoms with Crippen LogP contribution in [-0.2, 0) is 16.1 Å². The molecular formula is C33H41FN2O4. The molecule has 0 amide bonds. The summed E-state index contributed by atoms with van der Waals surface area (Å²) in [6, 6.07) is 14.0. The molecule has 1 N–H and O–H groups in total. The molecule has 2 aromatic carbocycles. The van der Waals surface area contributed by atoms with Crippen LogP contribution in [0, 0.1) is 25.1 Å². The Kier molecular flexibility index (Phi) is 8.55. The summed E-state index contributed by atoms with van der Waals surface area (Å²) in [5, 5.41) is 10.3. The summed E-state index contributed by atoms with van der Waals surface area (Å²) in [5.41, 5.74) is 5.28. The van der Waals surface area contributed by atoms with Crippen LogP contribution < -0.4 is 9.64 Å². The van der Waals surface area contributed by atoms with Crippen molar-refractivity contribution in [1.82, 2.24) is 4.98 Å². The van der Waals surface area contributed by atoms with Crippen LogP contribution >= 0.6 is 0 Å². The normalized spacial score (nSPS) is 16.1. The summed E-state index contributed by atoms with van der Waals surface area (Å²) in [5.74, 6) is -0.620. The van der Waals surface area contributed by atoms with Crippen molar-refractivity contribution in [3.63, 3.8) is 0 Å². The summed E-state index contributed by atoms with van der Waals surface area (Å²) < 4.78 is 25.3. The third-order valence-electron chi connectivity index (χ3n) is 7.43. The van der Waals surface area contributed by atoms with Crippen molar-refractivity contribution in [2.75, 3.05) is 18.0 Å². The number of benzene rings is 2. The second-order valence-electron chi connectivity index (χ2n) is 12.5. The lowest BCUT2D eigenvalue weighted by molar-refractivity contribution is -0.160. The lowest BCUT2D eigenvalue weighted by Crippen LogP contribution is -2.39. The van der Waals surface area contributed by atoms with Gasteiger partial charge in [0.1, 0.15) is 18.2 Å². The summed E-state index contributed by atoms with van der Waals surface area (Å²) in [4.78, 5) is 19.8. The van der Waals surface area contributed by atoms with Gasteiger partial charge in [-0.1, -0.05) is 38.1 Å². The highest BCUT2D eigenvalue weighted by atomic mass is 19.1. The summed E-state index contributed by atoms with van der Waals surface area (Å²) in [6.45, 7) is 16.0. The molecule has 0 spiro atoms. The Balaban J connectivity index is 1.77. The molecule has 2 heterocycles. The maximum Gasteiger partial charge on any atom is 0.337 e. The third-order valence-corrected chi connectivity index (χ3v) is 7.43. The molecule has 0 saturated carbocycles. The highest BCUT2D eigenvalue weighted by Crippen LogP contribution is 2.45. The SMILES string of the molecule is Cc1nc(C)c([C@H](OC(C)(C)C)C(=O)O)c(N2CCC(C)(C)CC2)c1-c1ccc(OCc2ccc(F)cc2)cc1. The fourth-order valence-electron chi connectivity index (χ4n) is 5.22. The molecule has 1 aliphatic rings. The number of aryl methyl sites for hydroxylation is 2. The first-order valence-electron chi connectivity index (χ1n) is 13.9. The molecule has 40 heavy (non-hydrogen) atoms. The van der Waals surface area contributed by atoms with Crippen LogP contribution in [0.1, 0.15) is 76.1 Å². The minimum Gasteiger partial charge on any atom is -0.489 e. The fourth-order valence-corrected chi connectivity index (χ4v) is 5.22. The smallest absolute Gasteiger partial charge is 0.337 e. The predicted molar refractivity (Wildman–Crippen MR) is 156 cm³/mol. The van der Waals surface area contributed by atoms with Crippen LogP contribution in [0.15, 0.2) is 48.5 Å². The van der Waals surface area contributed by atoms with Crippen LogP contribution in [0.2, 0.25) is 0 Å². The lowest BCUT2D eigenvalue weighted by Gasteiger charge is -2.41. The average Bonchev–Trinajstić information content (AvgIpc) is 2.87. The summed E-state index contributed by atoms with van der Waals surface area (Å²) in [7, 11) is 0. The molecule has 0 unspecified atom stereocenters. The quantitative estimate of drug-likeness (QED) is 0.312. The van der Waals surface area contributed by atoms with Gasteiger partial charge in [0.2, 0.25) is 0 Å². The van der Waals surface area contributed by atoms with Crippen LogP contribution in [0.3, 0.4) is 0 Å². The van der Waals surface area contributed by atoms with E-state index in [0.717, 1.165) is 54.0 Å². The van der Waals surface area contributed by atoms with Crippen molar-refractivity contribution in [3.05, 3.63) is 76.9 Å². The summed E-state index contributed by atoms with van der Waals surface area (Å²) in [6.07, 6.45) is 0.843. The Morgan fingerprint density at radius 3 is 2.17 bits per heavy atom. The van der Waals surface area contributed by atoms with E-state index in [-0.39, 0.29) is 11.2 Å². The number of piperidine rings is 1. The Labute approximate surface area is 237 Å². The standard InChI is InChI=1S/C33H41FN2O4/c1-21-27(24-10-14-26(15-11-24)39-20-23-8-12-25(34)13-9-23)29(36-18-16-33(6,7)17-19-36)28(22(2)35-21)30(31(37)38)40-32(3,4)5/h8-15,30H,16-20H2,1-7H3,(H,37,38)/t30-/m0/s1. The van der Waals surface area contributed by atoms with Crippen molar-refractivity contribution in [3.8, 4) is 16.9 Å².